The SMILES string of the molecule is CSC(=NC(c1ccc(-c2ccc3cccc(F)c3c2)[nH]c1=O)C(C)C)NC#N. The number of halogens is 1. The molecule has 0 spiro atoms. The van der Waals surface area contributed by atoms with Crippen molar-refractivity contribution in [3.63, 3.8) is 0 Å². The number of hydrogen-bond acceptors (Lipinski definition) is 4. The number of pyridine rings is 1. The van der Waals surface area contributed by atoms with Crippen molar-refractivity contribution >= 4 is 27.7 Å². The Kier molecular flexibility index (Phi) is 6.35. The Bertz CT molecular complexity index is 1160. The topological polar surface area (TPSA) is 81.0 Å². The first-order valence-electron chi connectivity index (χ1n) is 9.13. The van der Waals surface area contributed by atoms with Gasteiger partial charge in [-0.2, -0.15) is 5.26 Å². The molecule has 2 aromatic carbocycles. The number of H-pyrrole nitrogens is 1. The van der Waals surface area contributed by atoms with Gasteiger partial charge in [-0.05, 0) is 47.4 Å². The van der Waals surface area contributed by atoms with Crippen LogP contribution >= 0.6 is 11.8 Å². The summed E-state index contributed by atoms with van der Waals surface area (Å²) in [5.74, 6) is -0.244. The normalized spacial score (nSPS) is 12.8. The summed E-state index contributed by atoms with van der Waals surface area (Å²) in [4.78, 5) is 20.3. The average Bonchev–Trinajstić information content (AvgIpc) is 2.71. The number of aromatic nitrogens is 1. The fourth-order valence-corrected chi connectivity index (χ4v) is 3.54. The maximum atomic E-state index is 14.1. The van der Waals surface area contributed by atoms with Crippen molar-refractivity contribution < 1.29 is 4.39 Å². The molecule has 0 aliphatic rings. The van der Waals surface area contributed by atoms with Crippen LogP contribution in [-0.4, -0.2) is 16.4 Å². The molecule has 0 bridgehead atoms. The van der Waals surface area contributed by atoms with Gasteiger partial charge in [0.2, 0.25) is 0 Å². The number of aliphatic imine (C=N–C) groups is 1. The average molecular weight is 409 g/mol. The van der Waals surface area contributed by atoms with E-state index in [9.17, 15) is 9.18 Å². The molecule has 29 heavy (non-hydrogen) atoms. The molecule has 1 unspecified atom stereocenters. The van der Waals surface area contributed by atoms with Crippen molar-refractivity contribution in [2.24, 2.45) is 10.9 Å². The summed E-state index contributed by atoms with van der Waals surface area (Å²) in [5, 5.41) is 13.2. The summed E-state index contributed by atoms with van der Waals surface area (Å²) in [6.07, 6.45) is 3.67. The van der Waals surface area contributed by atoms with Gasteiger partial charge in [-0.25, -0.2) is 4.39 Å². The van der Waals surface area contributed by atoms with E-state index in [-0.39, 0.29) is 17.3 Å². The van der Waals surface area contributed by atoms with Gasteiger partial charge in [0.1, 0.15) is 5.82 Å². The van der Waals surface area contributed by atoms with Crippen molar-refractivity contribution in [2.75, 3.05) is 6.26 Å². The number of amidine groups is 1. The molecule has 0 saturated heterocycles. The highest BCUT2D eigenvalue weighted by atomic mass is 32.2. The summed E-state index contributed by atoms with van der Waals surface area (Å²) in [6.45, 7) is 3.94. The van der Waals surface area contributed by atoms with Crippen LogP contribution in [0.5, 0.6) is 0 Å². The van der Waals surface area contributed by atoms with Gasteiger partial charge >= 0.3 is 0 Å². The molecular formula is C22H21FN4OS. The predicted octanol–water partition coefficient (Wildman–Crippen LogP) is 4.82. The van der Waals surface area contributed by atoms with E-state index in [1.807, 2.05) is 44.5 Å². The van der Waals surface area contributed by atoms with Crippen LogP contribution in [0.15, 0.2) is 58.3 Å². The Balaban J connectivity index is 2.03. The van der Waals surface area contributed by atoms with Gasteiger partial charge < -0.3 is 4.98 Å². The van der Waals surface area contributed by atoms with Crippen LogP contribution in [0.1, 0.15) is 25.5 Å². The predicted molar refractivity (Wildman–Crippen MR) is 117 cm³/mol. The van der Waals surface area contributed by atoms with E-state index in [1.165, 1.54) is 17.8 Å². The monoisotopic (exact) mass is 408 g/mol. The molecule has 1 heterocycles. The minimum absolute atomic E-state index is 0.0550. The van der Waals surface area contributed by atoms with Gasteiger partial charge in [-0.3, -0.25) is 15.1 Å². The lowest BCUT2D eigenvalue weighted by molar-refractivity contribution is 0.512. The number of hydrogen-bond donors (Lipinski definition) is 2. The standard InChI is InChI=1S/C22H21FN4OS/c1-13(2)20(27-22(29-3)25-12-24)16-9-10-19(26-21(16)28)15-8-7-14-5-4-6-18(23)17(14)11-15/h4-11,13,20H,1-3H3,(H,25,27)(H,26,28). The van der Waals surface area contributed by atoms with E-state index in [4.69, 9.17) is 5.26 Å². The maximum absolute atomic E-state index is 14.1. The second-order valence-corrected chi connectivity index (χ2v) is 7.69. The molecule has 0 fully saturated rings. The molecule has 3 aromatic rings. The first kappa shape index (κ1) is 20.6. The smallest absolute Gasteiger partial charge is 0.253 e. The number of nitriles is 1. The third-order valence-corrected chi connectivity index (χ3v) is 5.24. The quantitative estimate of drug-likeness (QED) is 0.281. The van der Waals surface area contributed by atoms with E-state index >= 15 is 0 Å². The van der Waals surface area contributed by atoms with Gasteiger partial charge in [0.15, 0.2) is 11.4 Å². The Hall–Kier alpha value is -3.11. The first-order valence-corrected chi connectivity index (χ1v) is 10.4. The van der Waals surface area contributed by atoms with E-state index in [1.54, 1.807) is 24.3 Å². The third-order valence-electron chi connectivity index (χ3n) is 4.64. The highest BCUT2D eigenvalue weighted by Crippen LogP contribution is 2.27. The van der Waals surface area contributed by atoms with Crippen LogP contribution in [0, 0.1) is 23.2 Å². The molecule has 148 valence electrons. The first-order chi connectivity index (χ1) is 13.9. The summed E-state index contributed by atoms with van der Waals surface area (Å²) >= 11 is 1.31. The molecule has 7 heteroatoms. The second kappa shape index (κ2) is 8.93. The van der Waals surface area contributed by atoms with Crippen molar-refractivity contribution in [2.45, 2.75) is 19.9 Å². The Morgan fingerprint density at radius 2 is 2.03 bits per heavy atom. The molecule has 1 atom stereocenters. The van der Waals surface area contributed by atoms with E-state index in [0.29, 0.717) is 21.8 Å². The zero-order valence-corrected chi connectivity index (χ0v) is 17.2. The molecule has 2 N–H and O–H groups in total. The third kappa shape index (κ3) is 4.49. The Labute approximate surface area is 172 Å². The summed E-state index contributed by atoms with van der Waals surface area (Å²) < 4.78 is 14.1. The minimum atomic E-state index is -0.398. The highest BCUT2D eigenvalue weighted by Gasteiger charge is 2.20. The van der Waals surface area contributed by atoms with Crippen LogP contribution in [-0.2, 0) is 0 Å². The highest BCUT2D eigenvalue weighted by molar-refractivity contribution is 8.13. The Morgan fingerprint density at radius 1 is 1.24 bits per heavy atom. The van der Waals surface area contributed by atoms with E-state index in [2.05, 4.69) is 15.3 Å². The fourth-order valence-electron chi connectivity index (χ4n) is 3.18. The number of nitrogens with zero attached hydrogens (tertiary/aromatic N) is 2. The molecule has 3 rings (SSSR count). The zero-order chi connectivity index (χ0) is 21.0. The number of aromatic amines is 1. The molecule has 0 aliphatic heterocycles. The number of thioether (sulfide) groups is 1. The minimum Gasteiger partial charge on any atom is -0.322 e. The molecule has 5 nitrogen and oxygen atoms in total. The van der Waals surface area contributed by atoms with Crippen LogP contribution < -0.4 is 10.9 Å². The van der Waals surface area contributed by atoms with E-state index in [0.717, 1.165) is 10.9 Å². The fraction of sp³-hybridized carbons (Fsp3) is 0.227. The van der Waals surface area contributed by atoms with Gasteiger partial charge in [0.25, 0.3) is 5.56 Å². The number of nitrogens with one attached hydrogen (secondary N) is 2. The lowest BCUT2D eigenvalue weighted by atomic mass is 9.97. The van der Waals surface area contributed by atoms with E-state index < -0.39 is 6.04 Å². The molecule has 1 aromatic heterocycles. The number of fused-ring (bicyclic) bond motifs is 1. The van der Waals surface area contributed by atoms with Crippen LogP contribution in [0.2, 0.25) is 0 Å². The Morgan fingerprint density at radius 3 is 2.69 bits per heavy atom. The van der Waals surface area contributed by atoms with Crippen LogP contribution in [0.3, 0.4) is 0 Å². The summed E-state index contributed by atoms with van der Waals surface area (Å²) in [6, 6.07) is 13.5. The largest absolute Gasteiger partial charge is 0.322 e. The second-order valence-electron chi connectivity index (χ2n) is 6.90. The van der Waals surface area contributed by atoms with Gasteiger partial charge in [-0.1, -0.05) is 49.9 Å². The van der Waals surface area contributed by atoms with Gasteiger partial charge in [0, 0.05) is 16.6 Å². The summed E-state index contributed by atoms with van der Waals surface area (Å²) in [7, 11) is 0. The number of benzene rings is 2. The van der Waals surface area contributed by atoms with Crippen molar-refractivity contribution in [1.82, 2.24) is 10.3 Å². The number of rotatable bonds is 4. The van der Waals surface area contributed by atoms with Crippen molar-refractivity contribution in [1.29, 1.82) is 5.26 Å². The molecular weight excluding hydrogens is 387 g/mol. The van der Waals surface area contributed by atoms with Crippen molar-refractivity contribution in [3.8, 4) is 17.5 Å². The molecule has 0 aliphatic carbocycles. The molecule has 0 radical (unpaired) electrons. The van der Waals surface area contributed by atoms with Gasteiger partial charge in [0.05, 0.1) is 6.04 Å². The lowest BCUT2D eigenvalue weighted by Crippen LogP contribution is -2.22. The summed E-state index contributed by atoms with van der Waals surface area (Å²) in [5.41, 5.74) is 1.60. The molecule has 0 saturated carbocycles. The van der Waals surface area contributed by atoms with Crippen molar-refractivity contribution in [3.05, 3.63) is 70.3 Å². The van der Waals surface area contributed by atoms with Gasteiger partial charge in [-0.15, -0.1) is 0 Å². The van der Waals surface area contributed by atoms with Crippen LogP contribution in [0.4, 0.5) is 4.39 Å². The maximum Gasteiger partial charge on any atom is 0.253 e. The lowest BCUT2D eigenvalue weighted by Gasteiger charge is -2.18. The van der Waals surface area contributed by atoms with Crippen LogP contribution in [0.25, 0.3) is 22.0 Å². The molecule has 0 amide bonds. The zero-order valence-electron chi connectivity index (χ0n) is 16.4.